The summed E-state index contributed by atoms with van der Waals surface area (Å²) in [4.78, 5) is 0. The molecule has 0 spiro atoms. The van der Waals surface area contributed by atoms with Crippen LogP contribution in [-0.4, -0.2) is 13.2 Å². The largest absolute Gasteiger partial charge is 0.381 e. The minimum absolute atomic E-state index is 0.936. The lowest BCUT2D eigenvalue weighted by Crippen LogP contribution is -1.95. The molecular formula is C22H38O. The Hall–Kier alpha value is -0.820. The fourth-order valence-corrected chi connectivity index (χ4v) is 3.02. The van der Waals surface area contributed by atoms with E-state index in [9.17, 15) is 0 Å². The molecule has 0 saturated heterocycles. The van der Waals surface area contributed by atoms with Gasteiger partial charge in [-0.1, -0.05) is 95.0 Å². The zero-order valence-electron chi connectivity index (χ0n) is 15.4. The standard InChI is InChI=1S/C22H38O/c1-2-20-23-21-16-11-9-7-5-3-4-6-8-10-13-17-22-18-14-12-15-19-22/h12,14-15,18-19H,2-11,13,16-17,20-21H2,1H3. The first-order valence-electron chi connectivity index (χ1n) is 10.0. The number of benzene rings is 1. The summed E-state index contributed by atoms with van der Waals surface area (Å²) in [7, 11) is 0. The Labute approximate surface area is 144 Å². The molecule has 0 aromatic heterocycles. The molecule has 0 amide bonds. The van der Waals surface area contributed by atoms with Crippen LogP contribution in [0.1, 0.15) is 89.5 Å². The topological polar surface area (TPSA) is 9.23 Å². The van der Waals surface area contributed by atoms with E-state index in [0.717, 1.165) is 19.6 Å². The first kappa shape index (κ1) is 20.2. The van der Waals surface area contributed by atoms with Crippen LogP contribution in [0, 0.1) is 0 Å². The fraction of sp³-hybridized carbons (Fsp3) is 0.727. The van der Waals surface area contributed by atoms with Crippen molar-refractivity contribution in [2.24, 2.45) is 0 Å². The summed E-state index contributed by atoms with van der Waals surface area (Å²) >= 11 is 0. The molecule has 0 radical (unpaired) electrons. The second kappa shape index (κ2) is 16.1. The van der Waals surface area contributed by atoms with E-state index in [0.29, 0.717) is 0 Å². The molecule has 1 rings (SSSR count). The molecule has 1 aromatic rings. The number of hydrogen-bond donors (Lipinski definition) is 0. The van der Waals surface area contributed by atoms with Gasteiger partial charge < -0.3 is 4.74 Å². The van der Waals surface area contributed by atoms with Gasteiger partial charge in [-0.2, -0.15) is 0 Å². The molecule has 0 saturated carbocycles. The molecule has 0 atom stereocenters. The van der Waals surface area contributed by atoms with Crippen molar-refractivity contribution in [2.75, 3.05) is 13.2 Å². The third-order valence-corrected chi connectivity index (χ3v) is 4.45. The van der Waals surface area contributed by atoms with E-state index < -0.39 is 0 Å². The van der Waals surface area contributed by atoms with Crippen LogP contribution in [0.2, 0.25) is 0 Å². The molecule has 132 valence electrons. The predicted octanol–water partition coefficient (Wildman–Crippen LogP) is 6.95. The zero-order valence-corrected chi connectivity index (χ0v) is 15.4. The molecule has 0 fully saturated rings. The molecule has 1 heteroatoms. The van der Waals surface area contributed by atoms with Crippen molar-refractivity contribution >= 4 is 0 Å². The predicted molar refractivity (Wildman–Crippen MR) is 102 cm³/mol. The monoisotopic (exact) mass is 318 g/mol. The van der Waals surface area contributed by atoms with Crippen LogP contribution in [0.5, 0.6) is 0 Å². The van der Waals surface area contributed by atoms with Crippen LogP contribution in [0.3, 0.4) is 0 Å². The third kappa shape index (κ3) is 13.3. The van der Waals surface area contributed by atoms with Crippen molar-refractivity contribution in [2.45, 2.75) is 90.4 Å². The third-order valence-electron chi connectivity index (χ3n) is 4.45. The van der Waals surface area contributed by atoms with Gasteiger partial charge >= 0.3 is 0 Å². The lowest BCUT2D eigenvalue weighted by Gasteiger charge is -2.04. The molecule has 23 heavy (non-hydrogen) atoms. The molecule has 0 aliphatic heterocycles. The van der Waals surface area contributed by atoms with Gasteiger partial charge in [0.05, 0.1) is 0 Å². The van der Waals surface area contributed by atoms with Crippen LogP contribution in [0.4, 0.5) is 0 Å². The van der Waals surface area contributed by atoms with Gasteiger partial charge in [-0.25, -0.2) is 0 Å². The number of unbranched alkanes of at least 4 members (excludes halogenated alkanes) is 10. The minimum Gasteiger partial charge on any atom is -0.381 e. The SMILES string of the molecule is CCCOCCCCCCCCCCCCCc1ccccc1. The lowest BCUT2D eigenvalue weighted by atomic mass is 10.0. The zero-order chi connectivity index (χ0) is 16.4. The highest BCUT2D eigenvalue weighted by Crippen LogP contribution is 2.12. The lowest BCUT2D eigenvalue weighted by molar-refractivity contribution is 0.130. The highest BCUT2D eigenvalue weighted by molar-refractivity contribution is 5.14. The van der Waals surface area contributed by atoms with Crippen LogP contribution >= 0.6 is 0 Å². The summed E-state index contributed by atoms with van der Waals surface area (Å²) in [5.41, 5.74) is 1.49. The van der Waals surface area contributed by atoms with Crippen molar-refractivity contribution in [3.05, 3.63) is 35.9 Å². The molecule has 0 aliphatic carbocycles. The number of ether oxygens (including phenoxy) is 1. The Morgan fingerprint density at radius 2 is 1.13 bits per heavy atom. The molecule has 0 unspecified atom stereocenters. The average Bonchev–Trinajstić information content (AvgIpc) is 2.59. The van der Waals surface area contributed by atoms with Gasteiger partial charge in [0.2, 0.25) is 0 Å². The normalized spacial score (nSPS) is 11.0. The molecule has 1 aromatic carbocycles. The van der Waals surface area contributed by atoms with Crippen molar-refractivity contribution in [1.82, 2.24) is 0 Å². The summed E-state index contributed by atoms with van der Waals surface area (Å²) in [6, 6.07) is 10.9. The van der Waals surface area contributed by atoms with E-state index in [-0.39, 0.29) is 0 Å². The second-order valence-corrected chi connectivity index (χ2v) is 6.74. The van der Waals surface area contributed by atoms with Gasteiger partial charge in [-0.15, -0.1) is 0 Å². The van der Waals surface area contributed by atoms with Crippen molar-refractivity contribution in [3.63, 3.8) is 0 Å². The van der Waals surface area contributed by atoms with Crippen molar-refractivity contribution in [3.8, 4) is 0 Å². The first-order valence-corrected chi connectivity index (χ1v) is 10.0. The van der Waals surface area contributed by atoms with Crippen LogP contribution in [-0.2, 0) is 11.2 Å². The Balaban J connectivity index is 1.72. The van der Waals surface area contributed by atoms with Gasteiger partial charge in [0, 0.05) is 13.2 Å². The van der Waals surface area contributed by atoms with E-state index in [1.807, 2.05) is 0 Å². The van der Waals surface area contributed by atoms with Gasteiger partial charge in [0.25, 0.3) is 0 Å². The highest BCUT2D eigenvalue weighted by atomic mass is 16.5. The number of rotatable bonds is 16. The summed E-state index contributed by atoms with van der Waals surface area (Å²) in [6.45, 7) is 4.07. The molecule has 0 N–H and O–H groups in total. The maximum Gasteiger partial charge on any atom is 0.0466 e. The van der Waals surface area contributed by atoms with E-state index in [1.165, 1.54) is 82.6 Å². The smallest absolute Gasteiger partial charge is 0.0466 e. The molecule has 0 heterocycles. The van der Waals surface area contributed by atoms with E-state index in [2.05, 4.69) is 37.3 Å². The van der Waals surface area contributed by atoms with Crippen molar-refractivity contribution < 1.29 is 4.74 Å². The molecule has 1 nitrogen and oxygen atoms in total. The van der Waals surface area contributed by atoms with E-state index >= 15 is 0 Å². The maximum absolute atomic E-state index is 5.50. The second-order valence-electron chi connectivity index (χ2n) is 6.74. The summed E-state index contributed by atoms with van der Waals surface area (Å²) in [5, 5.41) is 0. The number of hydrogen-bond acceptors (Lipinski definition) is 1. The Bertz CT molecular complexity index is 333. The Morgan fingerprint density at radius 3 is 1.70 bits per heavy atom. The van der Waals surface area contributed by atoms with Gasteiger partial charge in [0.1, 0.15) is 0 Å². The molecule has 0 bridgehead atoms. The molecular weight excluding hydrogens is 280 g/mol. The Kier molecular flexibility index (Phi) is 14.1. The maximum atomic E-state index is 5.50. The fourth-order valence-electron chi connectivity index (χ4n) is 3.02. The Morgan fingerprint density at radius 1 is 0.609 bits per heavy atom. The van der Waals surface area contributed by atoms with Crippen LogP contribution in [0.15, 0.2) is 30.3 Å². The minimum atomic E-state index is 0.936. The van der Waals surface area contributed by atoms with Gasteiger partial charge in [-0.05, 0) is 31.2 Å². The summed E-state index contributed by atoms with van der Waals surface area (Å²) in [6.07, 6.45) is 17.7. The molecule has 0 aliphatic rings. The van der Waals surface area contributed by atoms with Crippen molar-refractivity contribution in [1.29, 1.82) is 0 Å². The number of aryl methyl sites for hydroxylation is 1. The van der Waals surface area contributed by atoms with Crippen LogP contribution in [0.25, 0.3) is 0 Å². The average molecular weight is 319 g/mol. The van der Waals surface area contributed by atoms with Gasteiger partial charge in [-0.3, -0.25) is 0 Å². The van der Waals surface area contributed by atoms with E-state index in [4.69, 9.17) is 4.74 Å². The summed E-state index contributed by atoms with van der Waals surface area (Å²) in [5.74, 6) is 0. The quantitative estimate of drug-likeness (QED) is 0.300. The summed E-state index contributed by atoms with van der Waals surface area (Å²) < 4.78 is 5.50. The first-order chi connectivity index (χ1) is 11.4. The van der Waals surface area contributed by atoms with Crippen LogP contribution < -0.4 is 0 Å². The van der Waals surface area contributed by atoms with E-state index in [1.54, 1.807) is 0 Å². The van der Waals surface area contributed by atoms with Gasteiger partial charge in [0.15, 0.2) is 0 Å². The highest BCUT2D eigenvalue weighted by Gasteiger charge is 1.95.